The fourth-order valence-electron chi connectivity index (χ4n) is 5.78. The highest BCUT2D eigenvalue weighted by Gasteiger charge is 2.44. The highest BCUT2D eigenvalue weighted by atomic mass is 16.5. The topological polar surface area (TPSA) is 116 Å². The van der Waals surface area contributed by atoms with E-state index in [2.05, 4.69) is 22.3 Å². The van der Waals surface area contributed by atoms with E-state index in [1.165, 1.54) is 18.2 Å². The Labute approximate surface area is 245 Å². The van der Waals surface area contributed by atoms with Gasteiger partial charge in [0.2, 0.25) is 5.91 Å². The Morgan fingerprint density at radius 3 is 2.36 bits per heavy atom. The number of nitrogens with one attached hydrogen (secondary N) is 1. The summed E-state index contributed by atoms with van der Waals surface area (Å²) in [6.45, 7) is 3.09. The van der Waals surface area contributed by atoms with E-state index < -0.39 is 23.8 Å². The number of nitrogens with zero attached hydrogens (tertiary/aromatic N) is 2. The summed E-state index contributed by atoms with van der Waals surface area (Å²) in [5, 5.41) is 12.0. The van der Waals surface area contributed by atoms with Gasteiger partial charge in [-0.25, -0.2) is 0 Å². The van der Waals surface area contributed by atoms with E-state index in [1.54, 1.807) is 30.3 Å². The van der Waals surface area contributed by atoms with Gasteiger partial charge in [0.25, 0.3) is 11.8 Å². The number of aldehydes is 1. The number of carbonyl (C=O) groups is 4. The third kappa shape index (κ3) is 6.21. The second kappa shape index (κ2) is 13.0. The van der Waals surface area contributed by atoms with Gasteiger partial charge in [0, 0.05) is 20.0 Å². The number of benzene rings is 3. The minimum atomic E-state index is -1.08. The van der Waals surface area contributed by atoms with Crippen molar-refractivity contribution in [3.05, 3.63) is 94.5 Å². The number of hydrogen-bond acceptors (Lipinski definition) is 7. The summed E-state index contributed by atoms with van der Waals surface area (Å²) in [5.41, 5.74) is 3.72. The number of amides is 3. The monoisotopic (exact) mass is 569 g/mol. The third-order valence-corrected chi connectivity index (χ3v) is 8.10. The van der Waals surface area contributed by atoms with Gasteiger partial charge in [-0.2, -0.15) is 0 Å². The Morgan fingerprint density at radius 2 is 1.69 bits per heavy atom. The van der Waals surface area contributed by atoms with Crippen LogP contribution in [0.25, 0.3) is 0 Å². The van der Waals surface area contributed by atoms with E-state index in [9.17, 15) is 24.3 Å². The lowest BCUT2D eigenvalue weighted by atomic mass is 9.89. The molecule has 9 nitrogen and oxygen atoms in total. The zero-order valence-corrected chi connectivity index (χ0v) is 23.6. The molecule has 5 rings (SSSR count). The van der Waals surface area contributed by atoms with Crippen molar-refractivity contribution < 1.29 is 29.0 Å². The van der Waals surface area contributed by atoms with E-state index >= 15 is 0 Å². The van der Waals surface area contributed by atoms with Crippen molar-refractivity contribution in [2.75, 3.05) is 20.1 Å². The smallest absolute Gasteiger partial charge is 0.266 e. The number of phenolic OH excluding ortho intramolecular Hbond substituents is 1. The normalized spacial score (nSPS) is 16.3. The number of imide groups is 1. The first-order valence-electron chi connectivity index (χ1n) is 14.3. The molecule has 2 N–H and O–H groups in total. The number of fused-ring (bicyclic) bond motifs is 1. The number of aromatic hydroxyl groups is 1. The van der Waals surface area contributed by atoms with E-state index in [0.717, 1.165) is 42.9 Å². The van der Waals surface area contributed by atoms with Gasteiger partial charge < -0.3 is 20.0 Å². The average Bonchev–Trinajstić information content (AvgIpc) is 3.27. The van der Waals surface area contributed by atoms with Crippen molar-refractivity contribution in [3.8, 4) is 11.5 Å². The predicted octanol–water partition coefficient (Wildman–Crippen LogP) is 4.04. The molecule has 2 aliphatic heterocycles. The minimum absolute atomic E-state index is 0.0446. The molecule has 1 atom stereocenters. The molecular weight excluding hydrogens is 534 g/mol. The van der Waals surface area contributed by atoms with Crippen LogP contribution >= 0.6 is 0 Å². The van der Waals surface area contributed by atoms with Crippen molar-refractivity contribution in [1.29, 1.82) is 0 Å². The van der Waals surface area contributed by atoms with Crippen molar-refractivity contribution in [2.45, 2.75) is 50.8 Å². The molecule has 0 bridgehead atoms. The van der Waals surface area contributed by atoms with E-state index in [0.29, 0.717) is 18.0 Å². The molecular formula is C33H35N3O6. The summed E-state index contributed by atoms with van der Waals surface area (Å²) in [7, 11) is 1.43. The van der Waals surface area contributed by atoms with E-state index in [1.807, 2.05) is 24.3 Å². The van der Waals surface area contributed by atoms with E-state index in [-0.39, 0.29) is 36.3 Å². The molecule has 1 fully saturated rings. The maximum Gasteiger partial charge on any atom is 0.266 e. The van der Waals surface area contributed by atoms with Gasteiger partial charge in [0.05, 0.1) is 11.1 Å². The number of ether oxygens (including phenoxy) is 1. The van der Waals surface area contributed by atoms with Crippen molar-refractivity contribution in [2.24, 2.45) is 0 Å². The number of rotatable bonds is 11. The maximum atomic E-state index is 13.4. The van der Waals surface area contributed by atoms with Crippen molar-refractivity contribution in [3.63, 3.8) is 0 Å². The second-order valence-corrected chi connectivity index (χ2v) is 10.8. The van der Waals surface area contributed by atoms with Crippen LogP contribution in [0.4, 0.5) is 0 Å². The van der Waals surface area contributed by atoms with Crippen molar-refractivity contribution in [1.82, 2.24) is 15.1 Å². The fraction of sp³-hybridized carbons (Fsp3) is 0.333. The fourth-order valence-corrected chi connectivity index (χ4v) is 5.78. The molecule has 9 heteroatoms. The van der Waals surface area contributed by atoms with Gasteiger partial charge in [-0.05, 0) is 79.2 Å². The Morgan fingerprint density at radius 1 is 1.00 bits per heavy atom. The molecule has 1 saturated heterocycles. The molecule has 3 aromatic carbocycles. The lowest BCUT2D eigenvalue weighted by molar-refractivity contribution is -0.124. The highest BCUT2D eigenvalue weighted by Crippen LogP contribution is 2.34. The minimum Gasteiger partial charge on any atom is -0.508 e. The number of likely N-dealkylation sites (N-methyl/N-ethyl adjacent to an activating group) is 1. The molecule has 1 unspecified atom stereocenters. The molecule has 0 spiro atoms. The first kappa shape index (κ1) is 29.0. The molecule has 0 radical (unpaired) electrons. The lowest BCUT2D eigenvalue weighted by Crippen LogP contribution is -2.48. The van der Waals surface area contributed by atoms with Crippen LogP contribution < -0.4 is 10.1 Å². The predicted molar refractivity (Wildman–Crippen MR) is 156 cm³/mol. The highest BCUT2D eigenvalue weighted by molar-refractivity contribution is 6.24. The quantitative estimate of drug-likeness (QED) is 0.265. The summed E-state index contributed by atoms with van der Waals surface area (Å²) >= 11 is 0. The number of hydrogen-bond donors (Lipinski definition) is 2. The SMILES string of the molecule is CNC(=O)C(CCC=O)N1C(=O)c2cccc(OCc3ccc(CN4CCC(c5ccc(O)cc5)CC4)cc3)c2C1=O. The standard InChI is InChI=1S/C33H35N3O6/c1-34-31(39)28(5-3-19-37)36-32(40)27-4-2-6-29(30(27)33(36)41)42-21-23-9-7-22(8-10-23)20-35-17-15-25(16-18-35)24-11-13-26(38)14-12-24/h2,4,6-14,19,25,28,38H,3,5,15-18,20-21H2,1H3,(H,34,39). The summed E-state index contributed by atoms with van der Waals surface area (Å²) in [4.78, 5) is 53.3. The van der Waals surface area contributed by atoms with Crippen LogP contribution in [0, 0.1) is 0 Å². The van der Waals surface area contributed by atoms with E-state index in [4.69, 9.17) is 4.74 Å². The first-order chi connectivity index (χ1) is 20.4. The Hall–Kier alpha value is -4.50. The summed E-state index contributed by atoms with van der Waals surface area (Å²) in [5.74, 6) is -0.589. The maximum absolute atomic E-state index is 13.4. The molecule has 2 aliphatic rings. The molecule has 0 aromatic heterocycles. The van der Waals surface area contributed by atoms with Crippen LogP contribution in [-0.2, 0) is 22.7 Å². The Kier molecular flexibility index (Phi) is 8.97. The number of carbonyl (C=O) groups excluding carboxylic acids is 4. The van der Waals surface area contributed by atoms with Crippen LogP contribution in [0.2, 0.25) is 0 Å². The first-order valence-corrected chi connectivity index (χ1v) is 14.3. The van der Waals surface area contributed by atoms with Gasteiger partial charge in [-0.1, -0.05) is 42.5 Å². The molecule has 218 valence electrons. The second-order valence-electron chi connectivity index (χ2n) is 10.8. The summed E-state index contributed by atoms with van der Waals surface area (Å²) < 4.78 is 6.02. The van der Waals surface area contributed by atoms with Crippen LogP contribution in [0.3, 0.4) is 0 Å². The summed E-state index contributed by atoms with van der Waals surface area (Å²) in [6, 6.07) is 19.5. The average molecular weight is 570 g/mol. The zero-order chi connectivity index (χ0) is 29.6. The number of phenols is 1. The molecule has 0 saturated carbocycles. The zero-order valence-electron chi connectivity index (χ0n) is 23.6. The van der Waals surface area contributed by atoms with Crippen molar-refractivity contribution >= 4 is 24.0 Å². The van der Waals surface area contributed by atoms with Gasteiger partial charge in [-0.3, -0.25) is 24.2 Å². The van der Waals surface area contributed by atoms with Gasteiger partial charge in [0.15, 0.2) is 0 Å². The number of likely N-dealkylation sites (tertiary alicyclic amines) is 1. The molecule has 3 aromatic rings. The molecule has 2 heterocycles. The van der Waals surface area contributed by atoms with Crippen LogP contribution in [0.1, 0.15) is 69.0 Å². The van der Waals surface area contributed by atoms with Gasteiger partial charge >= 0.3 is 0 Å². The van der Waals surface area contributed by atoms with Gasteiger partial charge in [0.1, 0.15) is 30.4 Å². The third-order valence-electron chi connectivity index (χ3n) is 8.10. The largest absolute Gasteiger partial charge is 0.508 e. The number of piperidine rings is 1. The Bertz CT molecular complexity index is 1450. The molecule has 42 heavy (non-hydrogen) atoms. The Balaban J connectivity index is 1.19. The van der Waals surface area contributed by atoms with Crippen LogP contribution in [0.5, 0.6) is 11.5 Å². The summed E-state index contributed by atoms with van der Waals surface area (Å²) in [6.07, 6.45) is 2.92. The van der Waals surface area contributed by atoms with Crippen LogP contribution in [0.15, 0.2) is 66.7 Å². The molecule has 3 amide bonds. The van der Waals surface area contributed by atoms with Crippen LogP contribution in [-0.4, -0.2) is 65.1 Å². The molecule has 0 aliphatic carbocycles. The lowest BCUT2D eigenvalue weighted by Gasteiger charge is -2.32. The van der Waals surface area contributed by atoms with Gasteiger partial charge in [-0.15, -0.1) is 0 Å².